The third-order valence-corrected chi connectivity index (χ3v) is 8.15. The van der Waals surface area contributed by atoms with Crippen molar-refractivity contribution in [3.63, 3.8) is 0 Å². The predicted octanol–water partition coefficient (Wildman–Crippen LogP) is 6.97. The summed E-state index contributed by atoms with van der Waals surface area (Å²) in [5.41, 5.74) is 6.45. The SMILES string of the molecule is Cc1ccc(CN2CCN(C)CC2)cc1NC(=O)c1ccc(Nc2ncc(C3CC3)c(-c3ccc(OC(F)(F)F)cc3)n2)cc1. The fourth-order valence-corrected chi connectivity index (χ4v) is 5.39. The van der Waals surface area contributed by atoms with E-state index in [0.717, 1.165) is 67.9 Å². The van der Waals surface area contributed by atoms with Crippen LogP contribution >= 0.6 is 0 Å². The summed E-state index contributed by atoms with van der Waals surface area (Å²) in [5, 5.41) is 6.24. The Morgan fingerprint density at radius 3 is 2.36 bits per heavy atom. The highest BCUT2D eigenvalue weighted by Gasteiger charge is 2.31. The maximum absolute atomic E-state index is 13.1. The van der Waals surface area contributed by atoms with Gasteiger partial charge in [-0.25, -0.2) is 9.97 Å². The number of aromatic nitrogens is 2. The molecule has 45 heavy (non-hydrogen) atoms. The minimum Gasteiger partial charge on any atom is -0.406 e. The van der Waals surface area contributed by atoms with Crippen molar-refractivity contribution in [1.82, 2.24) is 19.8 Å². The molecule has 1 aliphatic carbocycles. The molecule has 2 N–H and O–H groups in total. The number of ether oxygens (including phenoxy) is 1. The number of aryl methyl sites for hydroxylation is 1. The number of benzene rings is 3. The van der Waals surface area contributed by atoms with Crippen molar-refractivity contribution in [2.45, 2.75) is 38.6 Å². The van der Waals surface area contributed by atoms with Crippen LogP contribution in [0.5, 0.6) is 5.75 Å². The van der Waals surface area contributed by atoms with E-state index in [9.17, 15) is 18.0 Å². The Morgan fingerprint density at radius 2 is 1.69 bits per heavy atom. The molecular formula is C34H35F3N6O2. The number of carbonyl (C=O) groups excluding carboxylic acids is 1. The smallest absolute Gasteiger partial charge is 0.406 e. The van der Waals surface area contributed by atoms with E-state index in [1.54, 1.807) is 42.6 Å². The van der Waals surface area contributed by atoms with Crippen molar-refractivity contribution >= 4 is 23.2 Å². The minimum absolute atomic E-state index is 0.202. The van der Waals surface area contributed by atoms with Crippen molar-refractivity contribution in [3.8, 4) is 17.0 Å². The molecule has 0 bridgehead atoms. The van der Waals surface area contributed by atoms with Crippen LogP contribution in [-0.2, 0) is 6.54 Å². The Hall–Kier alpha value is -4.48. The van der Waals surface area contributed by atoms with E-state index in [4.69, 9.17) is 4.98 Å². The van der Waals surface area contributed by atoms with Gasteiger partial charge in [0.05, 0.1) is 5.69 Å². The molecule has 2 heterocycles. The van der Waals surface area contributed by atoms with Gasteiger partial charge < -0.3 is 20.3 Å². The summed E-state index contributed by atoms with van der Waals surface area (Å²) in [7, 11) is 2.14. The number of piperazine rings is 1. The number of hydrogen-bond donors (Lipinski definition) is 2. The van der Waals surface area contributed by atoms with Gasteiger partial charge in [0.15, 0.2) is 0 Å². The Labute approximate surface area is 260 Å². The van der Waals surface area contributed by atoms with Crippen LogP contribution in [0.2, 0.25) is 0 Å². The lowest BCUT2D eigenvalue weighted by atomic mass is 10.0. The number of likely N-dealkylation sites (N-methyl/N-ethyl adjacent to an activating group) is 1. The number of anilines is 3. The molecule has 0 unspecified atom stereocenters. The molecule has 8 nitrogen and oxygen atoms in total. The summed E-state index contributed by atoms with van der Waals surface area (Å²) in [6, 6.07) is 18.9. The van der Waals surface area contributed by atoms with E-state index in [2.05, 4.69) is 49.3 Å². The van der Waals surface area contributed by atoms with Crippen LogP contribution in [0.4, 0.5) is 30.5 Å². The molecule has 3 aromatic carbocycles. The normalized spacial score (nSPS) is 15.9. The Morgan fingerprint density at radius 1 is 0.978 bits per heavy atom. The molecule has 1 amide bonds. The first-order valence-corrected chi connectivity index (χ1v) is 15.0. The van der Waals surface area contributed by atoms with Crippen LogP contribution in [0.25, 0.3) is 11.3 Å². The monoisotopic (exact) mass is 616 g/mol. The number of hydrogen-bond acceptors (Lipinski definition) is 7. The molecular weight excluding hydrogens is 581 g/mol. The van der Waals surface area contributed by atoms with Crippen molar-refractivity contribution < 1.29 is 22.7 Å². The number of nitrogens with zero attached hydrogens (tertiary/aromatic N) is 4. The van der Waals surface area contributed by atoms with Crippen molar-refractivity contribution in [2.24, 2.45) is 0 Å². The fourth-order valence-electron chi connectivity index (χ4n) is 5.39. The number of nitrogens with one attached hydrogen (secondary N) is 2. The number of amides is 1. The van der Waals surface area contributed by atoms with Gasteiger partial charge in [-0.1, -0.05) is 12.1 Å². The summed E-state index contributed by atoms with van der Waals surface area (Å²) in [6.45, 7) is 6.99. The maximum Gasteiger partial charge on any atom is 0.573 e. The average molecular weight is 617 g/mol. The molecule has 1 saturated carbocycles. The summed E-state index contributed by atoms with van der Waals surface area (Å²) in [5.74, 6) is 0.181. The number of carbonyl (C=O) groups is 1. The van der Waals surface area contributed by atoms with Crippen LogP contribution in [0, 0.1) is 6.92 Å². The second-order valence-corrected chi connectivity index (χ2v) is 11.7. The van der Waals surface area contributed by atoms with Gasteiger partial charge in [-0.3, -0.25) is 9.69 Å². The quantitative estimate of drug-likeness (QED) is 0.210. The van der Waals surface area contributed by atoms with Crippen LogP contribution in [-0.4, -0.2) is 65.3 Å². The van der Waals surface area contributed by atoms with Gasteiger partial charge in [0.1, 0.15) is 5.75 Å². The van der Waals surface area contributed by atoms with Gasteiger partial charge in [0.2, 0.25) is 5.95 Å². The van der Waals surface area contributed by atoms with Gasteiger partial charge in [-0.05, 0) is 98.5 Å². The standard InChI is InChI=1S/C34H35F3N6O2/c1-22-3-4-23(21-43-17-15-42(2)16-18-43)19-30(22)40-32(44)26-7-11-27(12-8-26)39-33-38-20-29(24-5-6-24)31(41-33)25-9-13-28(14-10-25)45-34(35,36)37/h3-4,7-14,19-20,24H,5-6,15-18,21H2,1-2H3,(H,40,44)(H,38,39,41). The van der Waals surface area contributed by atoms with Crippen LogP contribution in [0.15, 0.2) is 72.9 Å². The molecule has 1 aliphatic heterocycles. The van der Waals surface area contributed by atoms with E-state index in [-0.39, 0.29) is 11.7 Å². The molecule has 0 spiro atoms. The molecule has 1 aromatic heterocycles. The summed E-state index contributed by atoms with van der Waals surface area (Å²) in [6.07, 6.45) is -0.952. The summed E-state index contributed by atoms with van der Waals surface area (Å²) < 4.78 is 41.8. The van der Waals surface area contributed by atoms with Gasteiger partial charge in [-0.2, -0.15) is 0 Å². The molecule has 4 aromatic rings. The Balaban J connectivity index is 1.12. The zero-order valence-electron chi connectivity index (χ0n) is 25.2. The first-order valence-electron chi connectivity index (χ1n) is 15.0. The van der Waals surface area contributed by atoms with Gasteiger partial charge >= 0.3 is 6.36 Å². The number of halogens is 3. The molecule has 0 atom stereocenters. The van der Waals surface area contributed by atoms with Crippen molar-refractivity contribution in [2.75, 3.05) is 43.9 Å². The molecule has 234 valence electrons. The molecule has 2 fully saturated rings. The van der Waals surface area contributed by atoms with Crippen LogP contribution < -0.4 is 15.4 Å². The lowest BCUT2D eigenvalue weighted by Crippen LogP contribution is -2.43. The lowest BCUT2D eigenvalue weighted by molar-refractivity contribution is -0.274. The van der Waals surface area contributed by atoms with E-state index in [1.165, 1.54) is 12.1 Å². The number of alkyl halides is 3. The van der Waals surface area contributed by atoms with Crippen LogP contribution in [0.3, 0.4) is 0 Å². The first kappa shape index (κ1) is 30.5. The van der Waals surface area contributed by atoms with E-state index < -0.39 is 6.36 Å². The predicted molar refractivity (Wildman–Crippen MR) is 168 cm³/mol. The van der Waals surface area contributed by atoms with Crippen LogP contribution in [0.1, 0.15) is 45.8 Å². The zero-order chi connectivity index (χ0) is 31.6. The van der Waals surface area contributed by atoms with E-state index in [1.807, 2.05) is 13.0 Å². The fraction of sp³-hybridized carbons (Fsp3) is 0.324. The molecule has 0 radical (unpaired) electrons. The minimum atomic E-state index is -4.75. The molecule has 1 saturated heterocycles. The largest absolute Gasteiger partial charge is 0.573 e. The summed E-state index contributed by atoms with van der Waals surface area (Å²) >= 11 is 0. The maximum atomic E-state index is 13.1. The third-order valence-electron chi connectivity index (χ3n) is 8.15. The molecule has 11 heteroatoms. The van der Waals surface area contributed by atoms with E-state index >= 15 is 0 Å². The molecule has 6 rings (SSSR count). The van der Waals surface area contributed by atoms with Gasteiger partial charge in [0, 0.05) is 67.0 Å². The first-order chi connectivity index (χ1) is 21.6. The van der Waals surface area contributed by atoms with E-state index in [0.29, 0.717) is 34.4 Å². The second-order valence-electron chi connectivity index (χ2n) is 11.7. The highest BCUT2D eigenvalue weighted by atomic mass is 19.4. The highest BCUT2D eigenvalue weighted by molar-refractivity contribution is 6.04. The third kappa shape index (κ3) is 7.98. The highest BCUT2D eigenvalue weighted by Crippen LogP contribution is 2.44. The average Bonchev–Trinajstić information content (AvgIpc) is 3.86. The summed E-state index contributed by atoms with van der Waals surface area (Å²) in [4.78, 5) is 27.1. The lowest BCUT2D eigenvalue weighted by Gasteiger charge is -2.32. The number of rotatable bonds is 9. The van der Waals surface area contributed by atoms with Crippen molar-refractivity contribution in [1.29, 1.82) is 0 Å². The van der Waals surface area contributed by atoms with Gasteiger partial charge in [-0.15, -0.1) is 13.2 Å². The Kier molecular flexibility index (Phi) is 8.73. The van der Waals surface area contributed by atoms with Crippen molar-refractivity contribution in [3.05, 3.63) is 95.2 Å². The zero-order valence-corrected chi connectivity index (χ0v) is 25.2. The topological polar surface area (TPSA) is 82.6 Å². The molecule has 2 aliphatic rings. The second kappa shape index (κ2) is 12.9. The van der Waals surface area contributed by atoms with Gasteiger partial charge in [0.25, 0.3) is 5.91 Å². The Bertz CT molecular complexity index is 1650.